The molecule has 0 unspecified atom stereocenters. The summed E-state index contributed by atoms with van der Waals surface area (Å²) >= 11 is 0. The number of aryl methyl sites for hydroxylation is 1. The topological polar surface area (TPSA) is 45.1 Å². The minimum Gasteiger partial charge on any atom is -0.394 e. The summed E-state index contributed by atoms with van der Waals surface area (Å²) in [6, 6.07) is 4.01. The molecule has 3 nitrogen and oxygen atoms in total. The van der Waals surface area contributed by atoms with Crippen LogP contribution in [-0.2, 0) is 0 Å². The Morgan fingerprint density at radius 1 is 1.43 bits per heavy atom. The van der Waals surface area contributed by atoms with Crippen molar-refractivity contribution in [1.82, 2.24) is 4.98 Å². The van der Waals surface area contributed by atoms with Crippen molar-refractivity contribution in [1.29, 1.82) is 0 Å². The highest BCUT2D eigenvalue weighted by Gasteiger charge is 2.11. The molecular formula is C11H18N2O. The minimum absolute atomic E-state index is 0.0743. The predicted molar refractivity (Wildman–Crippen MR) is 58.3 cm³/mol. The first-order valence-corrected chi connectivity index (χ1v) is 4.93. The lowest BCUT2D eigenvalue weighted by molar-refractivity contribution is 0.249. The van der Waals surface area contributed by atoms with Crippen molar-refractivity contribution in [3.8, 4) is 0 Å². The summed E-state index contributed by atoms with van der Waals surface area (Å²) in [5.41, 5.74) is 1.14. The lowest BCUT2D eigenvalue weighted by Gasteiger charge is -2.20. The van der Waals surface area contributed by atoms with E-state index in [9.17, 15) is 0 Å². The van der Waals surface area contributed by atoms with Crippen molar-refractivity contribution in [3.05, 3.63) is 23.9 Å². The van der Waals surface area contributed by atoms with E-state index in [0.717, 1.165) is 11.4 Å². The molecule has 14 heavy (non-hydrogen) atoms. The Hall–Kier alpha value is -1.09. The molecule has 78 valence electrons. The molecule has 0 aromatic carbocycles. The number of aromatic nitrogens is 1. The molecule has 1 atom stereocenters. The maximum Gasteiger partial charge on any atom is 0.126 e. The fourth-order valence-corrected chi connectivity index (χ4v) is 1.17. The van der Waals surface area contributed by atoms with Crippen molar-refractivity contribution in [2.75, 3.05) is 11.9 Å². The third-order valence-electron chi connectivity index (χ3n) is 2.25. The maximum atomic E-state index is 9.12. The standard InChI is InChI=1S/C11H18N2O/c1-8(2)10(7-14)13-11-5-4-9(3)6-12-11/h4-6,8,10,14H,7H2,1-3H3,(H,12,13)/t10-/m1/s1. The molecule has 1 rings (SSSR count). The lowest BCUT2D eigenvalue weighted by atomic mass is 10.1. The van der Waals surface area contributed by atoms with Crippen LogP contribution in [-0.4, -0.2) is 22.7 Å². The Labute approximate surface area is 85.2 Å². The van der Waals surface area contributed by atoms with Crippen molar-refractivity contribution < 1.29 is 5.11 Å². The van der Waals surface area contributed by atoms with E-state index >= 15 is 0 Å². The van der Waals surface area contributed by atoms with Gasteiger partial charge in [0.05, 0.1) is 12.6 Å². The second-order valence-electron chi connectivity index (χ2n) is 3.90. The van der Waals surface area contributed by atoms with E-state index in [1.807, 2.05) is 25.3 Å². The number of hydrogen-bond donors (Lipinski definition) is 2. The van der Waals surface area contributed by atoms with Gasteiger partial charge in [0.25, 0.3) is 0 Å². The highest BCUT2D eigenvalue weighted by Crippen LogP contribution is 2.10. The number of pyridine rings is 1. The van der Waals surface area contributed by atoms with Crippen LogP contribution in [0.2, 0.25) is 0 Å². The van der Waals surface area contributed by atoms with E-state index < -0.39 is 0 Å². The summed E-state index contributed by atoms with van der Waals surface area (Å²) in [7, 11) is 0. The van der Waals surface area contributed by atoms with Crippen molar-refractivity contribution in [2.24, 2.45) is 5.92 Å². The normalized spacial score (nSPS) is 12.9. The molecule has 0 bridgehead atoms. The fourth-order valence-electron chi connectivity index (χ4n) is 1.17. The summed E-state index contributed by atoms with van der Waals surface area (Å²) in [5, 5.41) is 12.3. The highest BCUT2D eigenvalue weighted by atomic mass is 16.3. The van der Waals surface area contributed by atoms with Gasteiger partial charge in [-0.3, -0.25) is 0 Å². The van der Waals surface area contributed by atoms with Gasteiger partial charge in [-0.2, -0.15) is 0 Å². The van der Waals surface area contributed by atoms with Crippen LogP contribution in [0, 0.1) is 12.8 Å². The minimum atomic E-state index is 0.0743. The van der Waals surface area contributed by atoms with Crippen LogP contribution in [0.3, 0.4) is 0 Å². The second kappa shape index (κ2) is 4.96. The van der Waals surface area contributed by atoms with Gasteiger partial charge in [0.15, 0.2) is 0 Å². The smallest absolute Gasteiger partial charge is 0.126 e. The second-order valence-corrected chi connectivity index (χ2v) is 3.90. The number of rotatable bonds is 4. The van der Waals surface area contributed by atoms with Crippen LogP contribution in [0.1, 0.15) is 19.4 Å². The molecule has 0 aliphatic carbocycles. The van der Waals surface area contributed by atoms with Crippen molar-refractivity contribution in [2.45, 2.75) is 26.8 Å². The molecule has 1 aromatic rings. The summed E-state index contributed by atoms with van der Waals surface area (Å²) in [4.78, 5) is 4.23. The zero-order valence-corrected chi connectivity index (χ0v) is 8.99. The number of aliphatic hydroxyl groups is 1. The summed E-state index contributed by atoms with van der Waals surface area (Å²) in [6.45, 7) is 6.28. The third-order valence-corrected chi connectivity index (χ3v) is 2.25. The molecule has 1 heterocycles. The first-order chi connectivity index (χ1) is 6.63. The van der Waals surface area contributed by atoms with Gasteiger partial charge in [0.2, 0.25) is 0 Å². The monoisotopic (exact) mass is 194 g/mol. The molecular weight excluding hydrogens is 176 g/mol. The molecule has 2 N–H and O–H groups in total. The zero-order chi connectivity index (χ0) is 10.6. The molecule has 0 saturated carbocycles. The first-order valence-electron chi connectivity index (χ1n) is 4.93. The van der Waals surface area contributed by atoms with Crippen LogP contribution in [0.15, 0.2) is 18.3 Å². The van der Waals surface area contributed by atoms with Gasteiger partial charge in [-0.25, -0.2) is 4.98 Å². The van der Waals surface area contributed by atoms with Crippen LogP contribution < -0.4 is 5.32 Å². The molecule has 0 aliphatic rings. The molecule has 0 radical (unpaired) electrons. The molecule has 0 fully saturated rings. The van der Waals surface area contributed by atoms with E-state index in [2.05, 4.69) is 24.1 Å². The van der Waals surface area contributed by atoms with E-state index in [1.54, 1.807) is 0 Å². The van der Waals surface area contributed by atoms with E-state index in [-0.39, 0.29) is 12.6 Å². The Bertz CT molecular complexity index is 269. The number of nitrogens with zero attached hydrogens (tertiary/aromatic N) is 1. The third kappa shape index (κ3) is 3.00. The van der Waals surface area contributed by atoms with Crippen molar-refractivity contribution in [3.63, 3.8) is 0 Å². The summed E-state index contributed by atoms with van der Waals surface area (Å²) in [5.74, 6) is 1.21. The first kappa shape index (κ1) is 11.0. The molecule has 0 amide bonds. The van der Waals surface area contributed by atoms with E-state index in [1.165, 1.54) is 0 Å². The van der Waals surface area contributed by atoms with Gasteiger partial charge in [-0.1, -0.05) is 19.9 Å². The molecule has 1 aromatic heterocycles. The average Bonchev–Trinajstić information content (AvgIpc) is 2.16. The Balaban J connectivity index is 2.63. The van der Waals surface area contributed by atoms with Crippen LogP contribution in [0.5, 0.6) is 0 Å². The van der Waals surface area contributed by atoms with Gasteiger partial charge >= 0.3 is 0 Å². The number of anilines is 1. The maximum absolute atomic E-state index is 9.12. The van der Waals surface area contributed by atoms with E-state index in [0.29, 0.717) is 5.92 Å². The average molecular weight is 194 g/mol. The van der Waals surface area contributed by atoms with Gasteiger partial charge in [-0.05, 0) is 24.5 Å². The van der Waals surface area contributed by atoms with Crippen molar-refractivity contribution >= 4 is 5.82 Å². The molecule has 0 aliphatic heterocycles. The van der Waals surface area contributed by atoms with Crippen LogP contribution in [0.4, 0.5) is 5.82 Å². The fraction of sp³-hybridized carbons (Fsp3) is 0.545. The van der Waals surface area contributed by atoms with Gasteiger partial charge in [-0.15, -0.1) is 0 Å². The Kier molecular flexibility index (Phi) is 3.89. The van der Waals surface area contributed by atoms with Crippen LogP contribution in [0.25, 0.3) is 0 Å². The molecule has 0 spiro atoms. The van der Waals surface area contributed by atoms with E-state index in [4.69, 9.17) is 5.11 Å². The van der Waals surface area contributed by atoms with Gasteiger partial charge < -0.3 is 10.4 Å². The molecule has 3 heteroatoms. The summed E-state index contributed by atoms with van der Waals surface area (Å²) < 4.78 is 0. The Morgan fingerprint density at radius 3 is 2.57 bits per heavy atom. The quantitative estimate of drug-likeness (QED) is 0.768. The molecule has 0 saturated heterocycles. The zero-order valence-electron chi connectivity index (χ0n) is 8.99. The van der Waals surface area contributed by atoms with Crippen LogP contribution >= 0.6 is 0 Å². The van der Waals surface area contributed by atoms with Gasteiger partial charge in [0, 0.05) is 6.20 Å². The number of hydrogen-bond acceptors (Lipinski definition) is 3. The largest absolute Gasteiger partial charge is 0.394 e. The van der Waals surface area contributed by atoms with Gasteiger partial charge in [0.1, 0.15) is 5.82 Å². The SMILES string of the molecule is Cc1ccc(N[C@H](CO)C(C)C)nc1. The highest BCUT2D eigenvalue weighted by molar-refractivity contribution is 5.36. The predicted octanol–water partition coefficient (Wildman–Crippen LogP) is 1.82. The number of aliphatic hydroxyl groups excluding tert-OH is 1. The summed E-state index contributed by atoms with van der Waals surface area (Å²) in [6.07, 6.45) is 1.82. The lowest BCUT2D eigenvalue weighted by Crippen LogP contribution is -2.29. The number of nitrogens with one attached hydrogen (secondary N) is 1. The Morgan fingerprint density at radius 2 is 2.14 bits per heavy atom.